The molecule has 0 saturated heterocycles. The maximum Gasteiger partial charge on any atom is 0.0762 e. The van der Waals surface area contributed by atoms with Gasteiger partial charge in [-0.1, -0.05) is 45.0 Å². The van der Waals surface area contributed by atoms with Gasteiger partial charge in [-0.25, -0.2) is 0 Å². The van der Waals surface area contributed by atoms with E-state index in [0.29, 0.717) is 5.92 Å². The van der Waals surface area contributed by atoms with Crippen LogP contribution in [0.2, 0.25) is 0 Å². The predicted molar refractivity (Wildman–Crippen MR) is 95.7 cm³/mol. The first-order valence-electron chi connectivity index (χ1n) is 7.17. The lowest BCUT2D eigenvalue weighted by Crippen LogP contribution is -2.23. The fourth-order valence-corrected chi connectivity index (χ4v) is 3.50. The van der Waals surface area contributed by atoms with Crippen LogP contribution in [0.15, 0.2) is 45.5 Å². The van der Waals surface area contributed by atoms with E-state index in [1.54, 1.807) is 0 Å². The van der Waals surface area contributed by atoms with Crippen LogP contribution in [0.5, 0.6) is 0 Å². The van der Waals surface area contributed by atoms with Gasteiger partial charge in [0.15, 0.2) is 0 Å². The van der Waals surface area contributed by atoms with E-state index in [-0.39, 0.29) is 6.04 Å². The zero-order valence-corrected chi connectivity index (χ0v) is 15.7. The van der Waals surface area contributed by atoms with E-state index >= 15 is 0 Å². The summed E-state index contributed by atoms with van der Waals surface area (Å²) in [6.45, 7) is 7.43. The van der Waals surface area contributed by atoms with Gasteiger partial charge < -0.3 is 5.32 Å². The van der Waals surface area contributed by atoms with Crippen LogP contribution in [0.25, 0.3) is 0 Å². The van der Waals surface area contributed by atoms with Crippen LogP contribution in [0, 0.1) is 0 Å². The molecule has 0 radical (unpaired) electrons. The molecular weight excluding hydrogens is 392 g/mol. The lowest BCUT2D eigenvalue weighted by atomic mass is 9.97. The molecule has 0 aliphatic rings. The molecule has 4 heteroatoms. The van der Waals surface area contributed by atoms with Gasteiger partial charge in [0.1, 0.15) is 0 Å². The Kier molecular flexibility index (Phi) is 5.97. The van der Waals surface area contributed by atoms with Crippen molar-refractivity contribution in [1.82, 2.24) is 10.3 Å². The summed E-state index contributed by atoms with van der Waals surface area (Å²) < 4.78 is 1.99. The molecule has 1 heterocycles. The van der Waals surface area contributed by atoms with Gasteiger partial charge in [-0.3, -0.25) is 4.98 Å². The molecule has 1 aromatic carbocycles. The summed E-state index contributed by atoms with van der Waals surface area (Å²) in [5.41, 5.74) is 3.60. The normalized spacial score (nSPS) is 12.7. The number of pyridine rings is 1. The first-order valence-corrected chi connectivity index (χ1v) is 8.75. The Morgan fingerprint density at radius 1 is 1.10 bits per heavy atom. The van der Waals surface area contributed by atoms with Crippen molar-refractivity contribution in [2.45, 2.75) is 32.7 Å². The van der Waals surface area contributed by atoms with Crippen molar-refractivity contribution < 1.29 is 0 Å². The van der Waals surface area contributed by atoms with E-state index in [1.165, 1.54) is 11.1 Å². The zero-order valence-electron chi connectivity index (χ0n) is 12.5. The predicted octanol–water partition coefficient (Wildman–Crippen LogP) is 5.43. The molecule has 2 aromatic rings. The van der Waals surface area contributed by atoms with Crippen molar-refractivity contribution in [2.24, 2.45) is 0 Å². The molecule has 0 bridgehead atoms. The second-order valence-corrected chi connectivity index (χ2v) is 7.10. The number of nitrogens with zero attached hydrogens (tertiary/aromatic N) is 1. The lowest BCUT2D eigenvalue weighted by molar-refractivity contribution is 0.612. The Morgan fingerprint density at radius 3 is 2.24 bits per heavy atom. The third kappa shape index (κ3) is 4.15. The van der Waals surface area contributed by atoms with Crippen LogP contribution in [0.3, 0.4) is 0 Å². The van der Waals surface area contributed by atoms with Crippen LogP contribution in [0.1, 0.15) is 49.6 Å². The van der Waals surface area contributed by atoms with E-state index in [9.17, 15) is 0 Å². The molecule has 1 N–H and O–H groups in total. The molecule has 21 heavy (non-hydrogen) atoms. The van der Waals surface area contributed by atoms with Crippen LogP contribution in [-0.4, -0.2) is 11.5 Å². The highest BCUT2D eigenvalue weighted by atomic mass is 79.9. The fraction of sp³-hybridized carbons (Fsp3) is 0.353. The molecule has 1 atom stereocenters. The number of rotatable bonds is 5. The van der Waals surface area contributed by atoms with E-state index in [2.05, 4.69) is 87.2 Å². The maximum atomic E-state index is 4.57. The second-order valence-electron chi connectivity index (χ2n) is 5.33. The van der Waals surface area contributed by atoms with Gasteiger partial charge in [0.05, 0.1) is 11.7 Å². The van der Waals surface area contributed by atoms with Gasteiger partial charge in [0, 0.05) is 15.1 Å². The molecule has 1 aromatic heterocycles. The van der Waals surface area contributed by atoms with Crippen molar-refractivity contribution >= 4 is 31.9 Å². The Morgan fingerprint density at radius 2 is 1.71 bits per heavy atom. The average molecular weight is 412 g/mol. The minimum absolute atomic E-state index is 0.0960. The molecule has 2 nitrogen and oxygen atoms in total. The standard InChI is InChI=1S/C17H20Br2N2/c1-4-20-16(17-15(19)9-14(18)10-21-17)13-7-5-12(6-8-13)11(2)3/h5-11,16,20H,4H2,1-3H3. The summed E-state index contributed by atoms with van der Waals surface area (Å²) in [7, 11) is 0. The molecule has 0 spiro atoms. The molecule has 0 fully saturated rings. The molecular formula is C17H20Br2N2. The van der Waals surface area contributed by atoms with Crippen molar-refractivity contribution in [3.63, 3.8) is 0 Å². The molecule has 1 unspecified atom stereocenters. The number of hydrogen-bond donors (Lipinski definition) is 1. The maximum absolute atomic E-state index is 4.57. The quantitative estimate of drug-likeness (QED) is 0.709. The topological polar surface area (TPSA) is 24.9 Å². The number of aromatic nitrogens is 1. The Balaban J connectivity index is 2.38. The summed E-state index contributed by atoms with van der Waals surface area (Å²) in [5, 5.41) is 3.52. The van der Waals surface area contributed by atoms with Crippen LogP contribution in [0.4, 0.5) is 0 Å². The number of benzene rings is 1. The Bertz CT molecular complexity index is 594. The van der Waals surface area contributed by atoms with Gasteiger partial charge in [0.25, 0.3) is 0 Å². The van der Waals surface area contributed by atoms with Gasteiger partial charge in [0.2, 0.25) is 0 Å². The van der Waals surface area contributed by atoms with Crippen LogP contribution < -0.4 is 5.32 Å². The molecule has 0 amide bonds. The number of nitrogens with one attached hydrogen (secondary N) is 1. The molecule has 0 saturated carbocycles. The Labute approximate surface area is 143 Å². The van der Waals surface area contributed by atoms with Crippen molar-refractivity contribution in [1.29, 1.82) is 0 Å². The highest BCUT2D eigenvalue weighted by Crippen LogP contribution is 2.29. The average Bonchev–Trinajstić information content (AvgIpc) is 2.46. The molecule has 0 aliphatic heterocycles. The van der Waals surface area contributed by atoms with Gasteiger partial charge in [-0.2, -0.15) is 0 Å². The SMILES string of the molecule is CCNC(c1ccc(C(C)C)cc1)c1ncc(Br)cc1Br. The molecule has 2 rings (SSSR count). The van der Waals surface area contributed by atoms with Gasteiger partial charge in [-0.05, 0) is 61.5 Å². The minimum atomic E-state index is 0.0960. The van der Waals surface area contributed by atoms with Crippen LogP contribution in [-0.2, 0) is 0 Å². The highest BCUT2D eigenvalue weighted by molar-refractivity contribution is 9.11. The van der Waals surface area contributed by atoms with E-state index in [4.69, 9.17) is 0 Å². The van der Waals surface area contributed by atoms with Gasteiger partial charge in [-0.15, -0.1) is 0 Å². The second kappa shape index (κ2) is 7.52. The van der Waals surface area contributed by atoms with Crippen molar-refractivity contribution in [2.75, 3.05) is 6.54 Å². The lowest BCUT2D eigenvalue weighted by Gasteiger charge is -2.20. The number of halogens is 2. The van der Waals surface area contributed by atoms with E-state index < -0.39 is 0 Å². The third-order valence-corrected chi connectivity index (χ3v) is 4.52. The molecule has 112 valence electrons. The summed E-state index contributed by atoms with van der Waals surface area (Å²) in [6, 6.07) is 10.9. The zero-order chi connectivity index (χ0) is 15.4. The van der Waals surface area contributed by atoms with E-state index in [1.807, 2.05) is 12.3 Å². The largest absolute Gasteiger partial charge is 0.305 e. The summed E-state index contributed by atoms with van der Waals surface area (Å²) in [5.74, 6) is 0.550. The monoisotopic (exact) mass is 410 g/mol. The molecule has 0 aliphatic carbocycles. The first-order chi connectivity index (χ1) is 10.0. The smallest absolute Gasteiger partial charge is 0.0762 e. The Hall–Kier alpha value is -0.710. The van der Waals surface area contributed by atoms with Crippen LogP contribution >= 0.6 is 31.9 Å². The van der Waals surface area contributed by atoms with Gasteiger partial charge >= 0.3 is 0 Å². The van der Waals surface area contributed by atoms with Crippen molar-refractivity contribution in [3.05, 3.63) is 62.3 Å². The highest BCUT2D eigenvalue weighted by Gasteiger charge is 2.17. The number of hydrogen-bond acceptors (Lipinski definition) is 2. The fourth-order valence-electron chi connectivity index (χ4n) is 2.29. The minimum Gasteiger partial charge on any atom is -0.305 e. The summed E-state index contributed by atoms with van der Waals surface area (Å²) >= 11 is 7.07. The van der Waals surface area contributed by atoms with Crippen molar-refractivity contribution in [3.8, 4) is 0 Å². The third-order valence-electron chi connectivity index (χ3n) is 3.45. The summed E-state index contributed by atoms with van der Waals surface area (Å²) in [6.07, 6.45) is 1.84. The first kappa shape index (κ1) is 16.7. The summed E-state index contributed by atoms with van der Waals surface area (Å²) in [4.78, 5) is 4.57. The van der Waals surface area contributed by atoms with E-state index in [0.717, 1.165) is 21.2 Å².